The minimum Gasteiger partial charge on any atom is -0.396 e. The van der Waals surface area contributed by atoms with Gasteiger partial charge in [0.2, 0.25) is 0 Å². The van der Waals surface area contributed by atoms with Crippen LogP contribution in [0.2, 0.25) is 5.02 Å². The van der Waals surface area contributed by atoms with Crippen molar-refractivity contribution in [3.8, 4) is 6.07 Å². The van der Waals surface area contributed by atoms with Crippen LogP contribution in [0.25, 0.3) is 0 Å². The summed E-state index contributed by atoms with van der Waals surface area (Å²) in [5.74, 6) is 0.797. The molecule has 0 amide bonds. The van der Waals surface area contributed by atoms with Crippen molar-refractivity contribution < 1.29 is 5.11 Å². The Morgan fingerprint density at radius 1 is 1.50 bits per heavy atom. The Bertz CT molecular complexity index is 348. The molecule has 4 heteroatoms. The number of rotatable bonds is 4. The molecule has 0 radical (unpaired) electrons. The SMILES string of the molecule is N#Cc1ccc(Cl)cc1SCCCO. The van der Waals surface area contributed by atoms with Gasteiger partial charge in [-0.2, -0.15) is 5.26 Å². The maximum Gasteiger partial charge on any atom is 0.100 e. The summed E-state index contributed by atoms with van der Waals surface area (Å²) in [6.45, 7) is 0.176. The van der Waals surface area contributed by atoms with E-state index in [1.165, 1.54) is 0 Å². The predicted molar refractivity (Wildman–Crippen MR) is 58.6 cm³/mol. The van der Waals surface area contributed by atoms with E-state index in [1.807, 2.05) is 0 Å². The third-order valence-electron chi connectivity index (χ3n) is 1.62. The molecular formula is C10H10ClNOS. The van der Waals surface area contributed by atoms with Gasteiger partial charge in [-0.05, 0) is 24.6 Å². The van der Waals surface area contributed by atoms with E-state index in [2.05, 4.69) is 6.07 Å². The fraction of sp³-hybridized carbons (Fsp3) is 0.300. The average Bonchev–Trinajstić information content (AvgIpc) is 2.19. The Kier molecular flexibility index (Phi) is 4.81. The average molecular weight is 228 g/mol. The van der Waals surface area contributed by atoms with Crippen LogP contribution in [0.4, 0.5) is 0 Å². The van der Waals surface area contributed by atoms with Crippen LogP contribution < -0.4 is 0 Å². The van der Waals surface area contributed by atoms with Gasteiger partial charge in [0.25, 0.3) is 0 Å². The molecule has 0 aliphatic rings. The van der Waals surface area contributed by atoms with Gasteiger partial charge in [-0.25, -0.2) is 0 Å². The lowest BCUT2D eigenvalue weighted by Gasteiger charge is -2.03. The first-order valence-corrected chi connectivity index (χ1v) is 5.57. The van der Waals surface area contributed by atoms with E-state index in [9.17, 15) is 0 Å². The summed E-state index contributed by atoms with van der Waals surface area (Å²) in [6, 6.07) is 7.30. The lowest BCUT2D eigenvalue weighted by molar-refractivity contribution is 0.296. The fourth-order valence-electron chi connectivity index (χ4n) is 0.955. The quantitative estimate of drug-likeness (QED) is 0.636. The van der Waals surface area contributed by atoms with Crippen molar-refractivity contribution in [1.29, 1.82) is 5.26 Å². The number of hydrogen-bond acceptors (Lipinski definition) is 3. The molecule has 1 rings (SSSR count). The number of aliphatic hydroxyl groups excluding tert-OH is 1. The number of aliphatic hydroxyl groups is 1. The molecule has 0 spiro atoms. The molecule has 0 aliphatic carbocycles. The van der Waals surface area contributed by atoms with Crippen molar-refractivity contribution in [2.75, 3.05) is 12.4 Å². The summed E-state index contributed by atoms with van der Waals surface area (Å²) < 4.78 is 0. The predicted octanol–water partition coefficient (Wildman–Crippen LogP) is 2.69. The van der Waals surface area contributed by atoms with E-state index < -0.39 is 0 Å². The molecule has 0 fully saturated rings. The van der Waals surface area contributed by atoms with Gasteiger partial charge < -0.3 is 5.11 Å². The van der Waals surface area contributed by atoms with Crippen LogP contribution >= 0.6 is 23.4 Å². The highest BCUT2D eigenvalue weighted by Crippen LogP contribution is 2.26. The first-order chi connectivity index (χ1) is 6.77. The maximum atomic E-state index is 8.81. The van der Waals surface area contributed by atoms with Crippen LogP contribution in [0.3, 0.4) is 0 Å². The van der Waals surface area contributed by atoms with Crippen molar-refractivity contribution in [3.05, 3.63) is 28.8 Å². The summed E-state index contributed by atoms with van der Waals surface area (Å²) in [5, 5.41) is 18.1. The number of nitrogens with zero attached hydrogens (tertiary/aromatic N) is 1. The van der Waals surface area contributed by atoms with E-state index in [-0.39, 0.29) is 6.61 Å². The fourth-order valence-corrected chi connectivity index (χ4v) is 2.16. The van der Waals surface area contributed by atoms with Gasteiger partial charge in [-0.15, -0.1) is 11.8 Å². The van der Waals surface area contributed by atoms with Gasteiger partial charge in [0.15, 0.2) is 0 Å². The smallest absolute Gasteiger partial charge is 0.100 e. The highest BCUT2D eigenvalue weighted by Gasteiger charge is 2.02. The third kappa shape index (κ3) is 3.22. The molecule has 1 aromatic carbocycles. The highest BCUT2D eigenvalue weighted by molar-refractivity contribution is 7.99. The maximum absolute atomic E-state index is 8.81. The Labute approximate surface area is 92.5 Å². The van der Waals surface area contributed by atoms with Crippen LogP contribution in [0, 0.1) is 11.3 Å². The van der Waals surface area contributed by atoms with Crippen molar-refractivity contribution >= 4 is 23.4 Å². The molecule has 0 unspecified atom stereocenters. The Balaban J connectivity index is 2.73. The third-order valence-corrected chi connectivity index (χ3v) is 3.00. The summed E-state index contributed by atoms with van der Waals surface area (Å²) in [7, 11) is 0. The molecule has 2 nitrogen and oxygen atoms in total. The van der Waals surface area contributed by atoms with E-state index in [0.29, 0.717) is 10.6 Å². The number of halogens is 1. The standard InChI is InChI=1S/C10H10ClNOS/c11-9-3-2-8(7-12)10(6-9)14-5-1-4-13/h2-3,6,13H,1,4-5H2. The first kappa shape index (κ1) is 11.4. The molecule has 0 aliphatic heterocycles. The number of nitriles is 1. The molecule has 0 aromatic heterocycles. The zero-order valence-electron chi connectivity index (χ0n) is 7.53. The molecule has 1 N–H and O–H groups in total. The van der Waals surface area contributed by atoms with E-state index in [4.69, 9.17) is 22.0 Å². The van der Waals surface area contributed by atoms with Crippen molar-refractivity contribution in [3.63, 3.8) is 0 Å². The van der Waals surface area contributed by atoms with Crippen LogP contribution in [-0.4, -0.2) is 17.5 Å². The van der Waals surface area contributed by atoms with Crippen molar-refractivity contribution in [1.82, 2.24) is 0 Å². The molecule has 14 heavy (non-hydrogen) atoms. The second-order valence-electron chi connectivity index (χ2n) is 2.68. The van der Waals surface area contributed by atoms with Gasteiger partial charge in [-0.3, -0.25) is 0 Å². The van der Waals surface area contributed by atoms with Crippen LogP contribution in [0.1, 0.15) is 12.0 Å². The minimum atomic E-state index is 0.176. The van der Waals surface area contributed by atoms with Gasteiger partial charge in [0.1, 0.15) is 6.07 Å². The summed E-state index contributed by atoms with van der Waals surface area (Å²) >= 11 is 7.36. The minimum absolute atomic E-state index is 0.176. The Morgan fingerprint density at radius 2 is 2.29 bits per heavy atom. The van der Waals surface area contributed by atoms with E-state index >= 15 is 0 Å². The molecule has 0 bridgehead atoms. The Morgan fingerprint density at radius 3 is 2.93 bits per heavy atom. The Hall–Kier alpha value is -0.690. The van der Waals surface area contributed by atoms with E-state index in [0.717, 1.165) is 17.1 Å². The molecule has 0 atom stereocenters. The molecule has 1 aromatic rings. The van der Waals surface area contributed by atoms with Gasteiger partial charge in [-0.1, -0.05) is 11.6 Å². The lowest BCUT2D eigenvalue weighted by Crippen LogP contribution is -1.87. The van der Waals surface area contributed by atoms with Gasteiger partial charge >= 0.3 is 0 Å². The molecule has 74 valence electrons. The second-order valence-corrected chi connectivity index (χ2v) is 4.25. The van der Waals surface area contributed by atoms with Crippen LogP contribution in [-0.2, 0) is 0 Å². The van der Waals surface area contributed by atoms with Crippen LogP contribution in [0.15, 0.2) is 23.1 Å². The lowest BCUT2D eigenvalue weighted by atomic mass is 10.2. The van der Waals surface area contributed by atoms with Crippen LogP contribution in [0.5, 0.6) is 0 Å². The van der Waals surface area contributed by atoms with Gasteiger partial charge in [0, 0.05) is 22.3 Å². The normalized spacial score (nSPS) is 9.79. The molecular weight excluding hydrogens is 218 g/mol. The number of hydrogen-bond donors (Lipinski definition) is 1. The topological polar surface area (TPSA) is 44.0 Å². The van der Waals surface area contributed by atoms with Gasteiger partial charge in [0.05, 0.1) is 5.56 Å². The number of benzene rings is 1. The van der Waals surface area contributed by atoms with Crippen molar-refractivity contribution in [2.45, 2.75) is 11.3 Å². The first-order valence-electron chi connectivity index (χ1n) is 4.21. The summed E-state index contributed by atoms with van der Waals surface area (Å²) in [5.41, 5.74) is 0.636. The molecule has 0 saturated carbocycles. The zero-order chi connectivity index (χ0) is 10.4. The highest BCUT2D eigenvalue weighted by atomic mass is 35.5. The number of thioether (sulfide) groups is 1. The molecule has 0 heterocycles. The monoisotopic (exact) mass is 227 g/mol. The van der Waals surface area contributed by atoms with Crippen molar-refractivity contribution in [2.24, 2.45) is 0 Å². The largest absolute Gasteiger partial charge is 0.396 e. The second kappa shape index (κ2) is 5.92. The van der Waals surface area contributed by atoms with E-state index in [1.54, 1.807) is 30.0 Å². The summed E-state index contributed by atoms with van der Waals surface area (Å²) in [6.07, 6.45) is 0.724. The zero-order valence-corrected chi connectivity index (χ0v) is 9.11. The molecule has 0 saturated heterocycles. The summed E-state index contributed by atoms with van der Waals surface area (Å²) in [4.78, 5) is 0.883.